The van der Waals surface area contributed by atoms with Gasteiger partial charge in [-0.05, 0) is 52.4 Å². The highest BCUT2D eigenvalue weighted by atomic mass is 79.9. The van der Waals surface area contributed by atoms with Crippen molar-refractivity contribution in [1.82, 2.24) is 0 Å². The van der Waals surface area contributed by atoms with Crippen LogP contribution in [0.5, 0.6) is 5.75 Å². The Morgan fingerprint density at radius 3 is 2.69 bits per heavy atom. The van der Waals surface area contributed by atoms with E-state index >= 15 is 0 Å². The van der Waals surface area contributed by atoms with Crippen molar-refractivity contribution in [2.75, 3.05) is 13.2 Å². The van der Waals surface area contributed by atoms with Gasteiger partial charge in [0.25, 0.3) is 0 Å². The number of halogens is 1. The van der Waals surface area contributed by atoms with Crippen LogP contribution in [-0.4, -0.2) is 18.3 Å². The number of aromatic hydroxyl groups is 1. The molecule has 1 atom stereocenters. The van der Waals surface area contributed by atoms with Crippen LogP contribution in [0, 0.1) is 5.92 Å². The molecule has 1 aliphatic heterocycles. The van der Waals surface area contributed by atoms with E-state index in [0.29, 0.717) is 10.4 Å². The standard InChI is InChI=1S/C12H16BrNO2/c13-10-7-9(1-2-11(10)15)12(14)8-3-5-16-6-4-8/h1-2,7-8,12,15H,3-6,14H2/t12-/m0/s1. The number of phenolic OH excluding ortho intramolecular Hbond substituents is 1. The molecule has 1 saturated heterocycles. The van der Waals surface area contributed by atoms with E-state index in [0.717, 1.165) is 31.6 Å². The summed E-state index contributed by atoms with van der Waals surface area (Å²) in [5, 5.41) is 9.43. The monoisotopic (exact) mass is 285 g/mol. The molecule has 2 rings (SSSR count). The van der Waals surface area contributed by atoms with E-state index in [1.54, 1.807) is 6.07 Å². The molecule has 0 aromatic heterocycles. The second-order valence-electron chi connectivity index (χ2n) is 4.19. The molecule has 1 aromatic carbocycles. The van der Waals surface area contributed by atoms with Gasteiger partial charge in [0.2, 0.25) is 0 Å². The molecule has 88 valence electrons. The number of rotatable bonds is 2. The van der Waals surface area contributed by atoms with Crippen LogP contribution in [0.3, 0.4) is 0 Å². The van der Waals surface area contributed by atoms with Crippen molar-refractivity contribution in [1.29, 1.82) is 0 Å². The Balaban J connectivity index is 2.12. The zero-order chi connectivity index (χ0) is 11.5. The van der Waals surface area contributed by atoms with Crippen LogP contribution >= 0.6 is 15.9 Å². The number of nitrogens with two attached hydrogens (primary N) is 1. The summed E-state index contributed by atoms with van der Waals surface area (Å²) in [7, 11) is 0. The van der Waals surface area contributed by atoms with E-state index < -0.39 is 0 Å². The minimum atomic E-state index is 0.0285. The number of benzene rings is 1. The molecule has 0 bridgehead atoms. The van der Waals surface area contributed by atoms with E-state index in [2.05, 4.69) is 15.9 Å². The van der Waals surface area contributed by atoms with Gasteiger partial charge in [-0.25, -0.2) is 0 Å². The van der Waals surface area contributed by atoms with Gasteiger partial charge in [-0.1, -0.05) is 6.07 Å². The molecular formula is C12H16BrNO2. The summed E-state index contributed by atoms with van der Waals surface area (Å²) >= 11 is 3.31. The molecule has 1 fully saturated rings. The van der Waals surface area contributed by atoms with Gasteiger partial charge in [0.05, 0.1) is 4.47 Å². The summed E-state index contributed by atoms with van der Waals surface area (Å²) < 4.78 is 6.03. The highest BCUT2D eigenvalue weighted by Crippen LogP contribution is 2.32. The lowest BCUT2D eigenvalue weighted by atomic mass is 9.88. The van der Waals surface area contributed by atoms with Gasteiger partial charge in [0.15, 0.2) is 0 Å². The molecule has 3 nitrogen and oxygen atoms in total. The summed E-state index contributed by atoms with van der Waals surface area (Å²) in [5.74, 6) is 0.730. The molecule has 0 unspecified atom stereocenters. The Bertz CT molecular complexity index is 364. The lowest BCUT2D eigenvalue weighted by Crippen LogP contribution is -2.27. The summed E-state index contributed by atoms with van der Waals surface area (Å²) in [5.41, 5.74) is 7.30. The second kappa shape index (κ2) is 5.17. The highest BCUT2D eigenvalue weighted by Gasteiger charge is 2.22. The largest absolute Gasteiger partial charge is 0.507 e. The molecule has 0 saturated carbocycles. The Labute approximate surface area is 104 Å². The van der Waals surface area contributed by atoms with Gasteiger partial charge >= 0.3 is 0 Å². The Morgan fingerprint density at radius 1 is 1.38 bits per heavy atom. The fraction of sp³-hybridized carbons (Fsp3) is 0.500. The van der Waals surface area contributed by atoms with Crippen molar-refractivity contribution in [3.05, 3.63) is 28.2 Å². The molecule has 1 aliphatic rings. The topological polar surface area (TPSA) is 55.5 Å². The number of hydrogen-bond acceptors (Lipinski definition) is 3. The van der Waals surface area contributed by atoms with Gasteiger partial charge in [0, 0.05) is 19.3 Å². The minimum Gasteiger partial charge on any atom is -0.507 e. The Morgan fingerprint density at radius 2 is 2.06 bits per heavy atom. The maximum absolute atomic E-state index is 9.43. The third kappa shape index (κ3) is 2.56. The van der Waals surface area contributed by atoms with Crippen molar-refractivity contribution in [2.24, 2.45) is 11.7 Å². The first-order valence-corrected chi connectivity index (χ1v) is 6.29. The summed E-state index contributed by atoms with van der Waals surface area (Å²) in [4.78, 5) is 0. The highest BCUT2D eigenvalue weighted by molar-refractivity contribution is 9.10. The molecule has 0 amide bonds. The van der Waals surface area contributed by atoms with E-state index in [1.165, 1.54) is 0 Å². The number of phenols is 1. The van der Waals surface area contributed by atoms with E-state index in [-0.39, 0.29) is 11.8 Å². The van der Waals surface area contributed by atoms with Crippen molar-refractivity contribution >= 4 is 15.9 Å². The van der Waals surface area contributed by atoms with Crippen LogP contribution in [0.15, 0.2) is 22.7 Å². The second-order valence-corrected chi connectivity index (χ2v) is 5.04. The van der Waals surface area contributed by atoms with Crippen LogP contribution in [0.25, 0.3) is 0 Å². The average Bonchev–Trinajstić information content (AvgIpc) is 2.33. The molecule has 1 heterocycles. The first-order valence-electron chi connectivity index (χ1n) is 5.50. The van der Waals surface area contributed by atoms with E-state index in [9.17, 15) is 5.11 Å². The SMILES string of the molecule is N[C@H](c1ccc(O)c(Br)c1)C1CCOCC1. The van der Waals surface area contributed by atoms with Crippen LogP contribution < -0.4 is 5.73 Å². The van der Waals surface area contributed by atoms with E-state index in [1.807, 2.05) is 12.1 Å². The molecule has 0 radical (unpaired) electrons. The minimum absolute atomic E-state index is 0.0285. The maximum atomic E-state index is 9.43. The molecule has 4 heteroatoms. The lowest BCUT2D eigenvalue weighted by Gasteiger charge is -2.28. The van der Waals surface area contributed by atoms with Gasteiger partial charge in [0.1, 0.15) is 5.75 Å². The molecule has 0 aliphatic carbocycles. The van der Waals surface area contributed by atoms with Gasteiger partial charge in [-0.15, -0.1) is 0 Å². The van der Waals surface area contributed by atoms with Crippen LogP contribution in [-0.2, 0) is 4.74 Å². The van der Waals surface area contributed by atoms with Crippen LogP contribution in [0.2, 0.25) is 0 Å². The molecule has 16 heavy (non-hydrogen) atoms. The summed E-state index contributed by atoms with van der Waals surface area (Å²) in [6.07, 6.45) is 2.03. The third-order valence-corrected chi connectivity index (χ3v) is 3.77. The third-order valence-electron chi connectivity index (χ3n) is 3.13. The average molecular weight is 286 g/mol. The summed E-state index contributed by atoms with van der Waals surface area (Å²) in [6, 6.07) is 5.50. The van der Waals surface area contributed by atoms with Crippen LogP contribution in [0.1, 0.15) is 24.4 Å². The lowest BCUT2D eigenvalue weighted by molar-refractivity contribution is 0.0583. The first-order chi connectivity index (χ1) is 7.68. The number of hydrogen-bond donors (Lipinski definition) is 2. The number of ether oxygens (including phenoxy) is 1. The van der Waals surface area contributed by atoms with Crippen molar-refractivity contribution in [3.63, 3.8) is 0 Å². The normalized spacial score (nSPS) is 19.6. The van der Waals surface area contributed by atoms with Crippen molar-refractivity contribution < 1.29 is 9.84 Å². The fourth-order valence-corrected chi connectivity index (χ4v) is 2.47. The van der Waals surface area contributed by atoms with Crippen molar-refractivity contribution in [2.45, 2.75) is 18.9 Å². The molecule has 1 aromatic rings. The zero-order valence-corrected chi connectivity index (χ0v) is 10.6. The zero-order valence-electron chi connectivity index (χ0n) is 9.03. The molecule has 3 N–H and O–H groups in total. The molecule has 0 spiro atoms. The van der Waals surface area contributed by atoms with Gasteiger partial charge in [-0.3, -0.25) is 0 Å². The smallest absolute Gasteiger partial charge is 0.129 e. The van der Waals surface area contributed by atoms with Crippen LogP contribution in [0.4, 0.5) is 0 Å². The van der Waals surface area contributed by atoms with E-state index in [4.69, 9.17) is 10.5 Å². The fourth-order valence-electron chi connectivity index (χ4n) is 2.08. The quantitative estimate of drug-likeness (QED) is 0.878. The Kier molecular flexibility index (Phi) is 3.84. The summed E-state index contributed by atoms with van der Waals surface area (Å²) in [6.45, 7) is 1.61. The molecular weight excluding hydrogens is 270 g/mol. The Hall–Kier alpha value is -0.580. The first kappa shape index (κ1) is 11.9. The predicted molar refractivity (Wildman–Crippen MR) is 66.3 cm³/mol. The van der Waals surface area contributed by atoms with Gasteiger partial charge in [-0.2, -0.15) is 0 Å². The van der Waals surface area contributed by atoms with Crippen molar-refractivity contribution in [3.8, 4) is 5.75 Å². The predicted octanol–water partition coefficient (Wildman–Crippen LogP) is 2.58. The maximum Gasteiger partial charge on any atom is 0.129 e. The van der Waals surface area contributed by atoms with Gasteiger partial charge < -0.3 is 15.6 Å².